The van der Waals surface area contributed by atoms with Crippen LogP contribution < -0.4 is 5.32 Å². The highest BCUT2D eigenvalue weighted by Crippen LogP contribution is 2.35. The van der Waals surface area contributed by atoms with E-state index in [1.807, 2.05) is 36.8 Å². The van der Waals surface area contributed by atoms with E-state index in [0.29, 0.717) is 29.7 Å². The number of ether oxygens (including phenoxy) is 1. The van der Waals surface area contributed by atoms with Gasteiger partial charge in [-0.1, -0.05) is 0 Å². The molecule has 0 atom stereocenters. The molecule has 0 saturated heterocycles. The van der Waals surface area contributed by atoms with Gasteiger partial charge in [0.15, 0.2) is 0 Å². The van der Waals surface area contributed by atoms with Crippen molar-refractivity contribution < 1.29 is 9.53 Å². The molecule has 0 aliphatic rings. The van der Waals surface area contributed by atoms with Crippen molar-refractivity contribution in [1.82, 2.24) is 24.6 Å². The van der Waals surface area contributed by atoms with Crippen LogP contribution in [0.5, 0.6) is 0 Å². The third kappa shape index (κ3) is 4.56. The Morgan fingerprint density at radius 3 is 2.62 bits per heavy atom. The van der Waals surface area contributed by atoms with Crippen molar-refractivity contribution in [2.24, 2.45) is 0 Å². The minimum Gasteiger partial charge on any atom is -0.462 e. The van der Waals surface area contributed by atoms with E-state index in [0.717, 1.165) is 21.5 Å². The Morgan fingerprint density at radius 2 is 2.03 bits per heavy atom. The third-order valence-electron chi connectivity index (χ3n) is 4.29. The van der Waals surface area contributed by atoms with Crippen LogP contribution in [0, 0.1) is 6.92 Å². The monoisotopic (exact) mass is 416 g/mol. The molecule has 156 valence electrons. The first kappa shape index (κ1) is 21.2. The van der Waals surface area contributed by atoms with Crippen molar-refractivity contribution in [3.63, 3.8) is 0 Å². The van der Waals surface area contributed by atoms with Crippen molar-refractivity contribution in [2.75, 3.05) is 26.0 Å². The van der Waals surface area contributed by atoms with E-state index in [2.05, 4.69) is 36.2 Å². The number of hydrogen-bond acceptors (Lipinski definition) is 8. The lowest BCUT2D eigenvalue weighted by molar-refractivity contribution is 0.0531. The van der Waals surface area contributed by atoms with Gasteiger partial charge in [-0.15, -0.1) is 11.3 Å². The van der Waals surface area contributed by atoms with Crippen molar-refractivity contribution >= 4 is 39.0 Å². The highest BCUT2D eigenvalue weighted by molar-refractivity contribution is 7.20. The van der Waals surface area contributed by atoms with E-state index in [1.165, 1.54) is 11.3 Å². The summed E-state index contributed by atoms with van der Waals surface area (Å²) in [6.07, 6.45) is 3.73. The average Bonchev–Trinajstić information content (AvgIpc) is 3.19. The second kappa shape index (κ2) is 8.08. The van der Waals surface area contributed by atoms with Crippen molar-refractivity contribution in [2.45, 2.75) is 46.7 Å². The zero-order chi connectivity index (χ0) is 21.3. The molecular formula is C20H28N6O2S. The number of thiophene rings is 1. The number of carbonyl (C=O) groups excluding carboxylic acids is 1. The minimum absolute atomic E-state index is 0.119. The maximum atomic E-state index is 12.4. The summed E-state index contributed by atoms with van der Waals surface area (Å²) in [5.74, 6) is 1.03. The van der Waals surface area contributed by atoms with Crippen LogP contribution in [-0.4, -0.2) is 51.3 Å². The molecule has 9 heteroatoms. The van der Waals surface area contributed by atoms with Gasteiger partial charge >= 0.3 is 5.97 Å². The first-order valence-electron chi connectivity index (χ1n) is 9.54. The number of esters is 1. The summed E-state index contributed by atoms with van der Waals surface area (Å²) in [4.78, 5) is 25.1. The Labute approximate surface area is 174 Å². The van der Waals surface area contributed by atoms with Gasteiger partial charge in [-0.2, -0.15) is 5.10 Å². The zero-order valence-electron chi connectivity index (χ0n) is 18.0. The van der Waals surface area contributed by atoms with E-state index < -0.39 is 0 Å². The van der Waals surface area contributed by atoms with Crippen LogP contribution in [-0.2, 0) is 16.8 Å². The van der Waals surface area contributed by atoms with Crippen LogP contribution in [0.15, 0.2) is 12.4 Å². The highest BCUT2D eigenvalue weighted by atomic mass is 32.1. The molecule has 3 aromatic rings. The number of aromatic nitrogens is 4. The van der Waals surface area contributed by atoms with E-state index in [-0.39, 0.29) is 11.5 Å². The smallest absolute Gasteiger partial charge is 0.348 e. The molecule has 0 aliphatic carbocycles. The van der Waals surface area contributed by atoms with Gasteiger partial charge < -0.3 is 15.0 Å². The molecule has 29 heavy (non-hydrogen) atoms. The molecule has 0 radical (unpaired) electrons. The summed E-state index contributed by atoms with van der Waals surface area (Å²) < 4.78 is 7.12. The SMILES string of the molecule is CCOC(=O)c1sc2nc(CN(C)C)nc(Nc3cnn(C(C)(C)C)c3)c2c1C. The fraction of sp³-hybridized carbons (Fsp3) is 0.500. The average molecular weight is 417 g/mol. The fourth-order valence-corrected chi connectivity index (χ4v) is 4.00. The Hall–Kier alpha value is -2.52. The second-order valence-corrected chi connectivity index (χ2v) is 9.15. The van der Waals surface area contributed by atoms with Crippen molar-refractivity contribution in [3.8, 4) is 0 Å². The van der Waals surface area contributed by atoms with Crippen molar-refractivity contribution in [1.29, 1.82) is 0 Å². The molecule has 1 N–H and O–H groups in total. The Morgan fingerprint density at radius 1 is 1.31 bits per heavy atom. The summed E-state index contributed by atoms with van der Waals surface area (Å²) in [6.45, 7) is 10.9. The molecule has 3 rings (SSSR count). The molecule has 3 aromatic heterocycles. The van der Waals surface area contributed by atoms with Gasteiger partial charge in [-0.25, -0.2) is 14.8 Å². The van der Waals surface area contributed by atoms with Gasteiger partial charge in [0, 0.05) is 6.20 Å². The van der Waals surface area contributed by atoms with Gasteiger partial charge in [0.05, 0.1) is 36.0 Å². The summed E-state index contributed by atoms with van der Waals surface area (Å²) in [7, 11) is 3.94. The zero-order valence-corrected chi connectivity index (χ0v) is 18.8. The van der Waals surface area contributed by atoms with E-state index in [4.69, 9.17) is 9.72 Å². The summed E-state index contributed by atoms with van der Waals surface area (Å²) in [5.41, 5.74) is 1.54. The minimum atomic E-state index is -0.325. The normalized spacial score (nSPS) is 12.0. The summed E-state index contributed by atoms with van der Waals surface area (Å²) in [6, 6.07) is 0. The van der Waals surface area contributed by atoms with Gasteiger partial charge in [-0.3, -0.25) is 4.68 Å². The van der Waals surface area contributed by atoms with E-state index >= 15 is 0 Å². The lowest BCUT2D eigenvalue weighted by atomic mass is 10.1. The first-order valence-corrected chi connectivity index (χ1v) is 10.4. The number of nitrogens with zero attached hydrogens (tertiary/aromatic N) is 5. The largest absolute Gasteiger partial charge is 0.462 e. The lowest BCUT2D eigenvalue weighted by Gasteiger charge is -2.18. The first-order chi connectivity index (χ1) is 13.6. The van der Waals surface area contributed by atoms with Crippen LogP contribution in [0.2, 0.25) is 0 Å². The predicted molar refractivity (Wildman–Crippen MR) is 116 cm³/mol. The van der Waals surface area contributed by atoms with Crippen molar-refractivity contribution in [3.05, 3.63) is 28.7 Å². The molecule has 0 unspecified atom stereocenters. The molecule has 0 fully saturated rings. The van der Waals surface area contributed by atoms with E-state index in [9.17, 15) is 4.79 Å². The van der Waals surface area contributed by atoms with Crippen LogP contribution in [0.3, 0.4) is 0 Å². The maximum absolute atomic E-state index is 12.4. The maximum Gasteiger partial charge on any atom is 0.348 e. The lowest BCUT2D eigenvalue weighted by Crippen LogP contribution is -2.21. The van der Waals surface area contributed by atoms with Crippen LogP contribution in [0.25, 0.3) is 10.2 Å². The number of fused-ring (bicyclic) bond motifs is 1. The Balaban J connectivity index is 2.09. The molecule has 0 amide bonds. The fourth-order valence-electron chi connectivity index (χ4n) is 2.91. The molecule has 0 bridgehead atoms. The van der Waals surface area contributed by atoms with Crippen LogP contribution in [0.4, 0.5) is 11.5 Å². The molecule has 0 saturated carbocycles. The summed E-state index contributed by atoms with van der Waals surface area (Å²) >= 11 is 1.34. The number of rotatable bonds is 6. The predicted octanol–water partition coefficient (Wildman–Crippen LogP) is 3.93. The Bertz CT molecular complexity index is 1030. The number of hydrogen-bond donors (Lipinski definition) is 1. The van der Waals surface area contributed by atoms with E-state index in [1.54, 1.807) is 13.1 Å². The third-order valence-corrected chi connectivity index (χ3v) is 5.45. The molecular weight excluding hydrogens is 388 g/mol. The number of carbonyl (C=O) groups is 1. The second-order valence-electron chi connectivity index (χ2n) is 8.15. The quantitative estimate of drug-likeness (QED) is 0.609. The summed E-state index contributed by atoms with van der Waals surface area (Å²) in [5, 5.41) is 8.66. The van der Waals surface area contributed by atoms with Gasteiger partial charge in [0.25, 0.3) is 0 Å². The molecule has 0 spiro atoms. The van der Waals surface area contributed by atoms with Gasteiger partial charge in [0.1, 0.15) is 21.3 Å². The number of anilines is 2. The van der Waals surface area contributed by atoms with Crippen LogP contribution >= 0.6 is 11.3 Å². The van der Waals surface area contributed by atoms with Crippen LogP contribution in [0.1, 0.15) is 48.8 Å². The van der Waals surface area contributed by atoms with Gasteiger partial charge in [0.2, 0.25) is 0 Å². The number of nitrogens with one attached hydrogen (secondary N) is 1. The standard InChI is InChI=1S/C20H28N6O2S/c1-8-28-19(27)16-12(2)15-17(22-13-9-21-26(10-13)20(3,4)5)23-14(11-25(6)7)24-18(15)29-16/h9-10H,8,11H2,1-7H3,(H,22,23,24). The topological polar surface area (TPSA) is 85.2 Å². The Kier molecular flexibility index (Phi) is 5.90. The molecule has 0 aliphatic heterocycles. The molecule has 0 aromatic carbocycles. The number of aryl methyl sites for hydroxylation is 1. The molecule has 8 nitrogen and oxygen atoms in total. The van der Waals surface area contributed by atoms with Gasteiger partial charge in [-0.05, 0) is 54.3 Å². The highest BCUT2D eigenvalue weighted by Gasteiger charge is 2.22. The molecule has 3 heterocycles.